The lowest BCUT2D eigenvalue weighted by atomic mass is 10.3. The number of hydrogen-bond donors (Lipinski definition) is 3. The minimum atomic E-state index is -3.53. The molecule has 8 heteroatoms. The van der Waals surface area contributed by atoms with Gasteiger partial charge in [-0.25, -0.2) is 19.0 Å². The molecule has 0 aliphatic carbocycles. The lowest BCUT2D eigenvalue weighted by Crippen LogP contribution is -2.34. The molecule has 0 saturated carbocycles. The molecule has 0 bridgehead atoms. The lowest BCUT2D eigenvalue weighted by molar-refractivity contribution is -0.123. The van der Waals surface area contributed by atoms with Gasteiger partial charge < -0.3 is 4.74 Å². The molecule has 0 heterocycles. The van der Waals surface area contributed by atoms with Gasteiger partial charge in [0.1, 0.15) is 5.75 Å². The molecule has 1 aromatic rings. The summed E-state index contributed by atoms with van der Waals surface area (Å²) in [5.74, 6) is 4.82. The molecule has 0 spiro atoms. The van der Waals surface area contributed by atoms with Crippen molar-refractivity contribution in [3.8, 4) is 5.75 Å². The smallest absolute Gasteiger partial charge is 0.271 e. The van der Waals surface area contributed by atoms with Gasteiger partial charge in [-0.2, -0.15) is 0 Å². The summed E-state index contributed by atoms with van der Waals surface area (Å²) in [7, 11) is -3.53. The standard InChI is InChI=1S/C12H19N3O4S/c1-3-9(2)15-20(17,18)11-6-4-10(5-7-11)19-8-12(16)14-13/h4-7,9,15H,3,8,13H2,1-2H3,(H,14,16)/t9-/m0/s1. The van der Waals surface area contributed by atoms with Crippen molar-refractivity contribution in [2.75, 3.05) is 6.61 Å². The van der Waals surface area contributed by atoms with Gasteiger partial charge in [-0.3, -0.25) is 10.2 Å². The van der Waals surface area contributed by atoms with Gasteiger partial charge in [0.2, 0.25) is 10.0 Å². The fourth-order valence-electron chi connectivity index (χ4n) is 1.32. The molecule has 112 valence electrons. The maximum absolute atomic E-state index is 12.0. The third-order valence-corrected chi connectivity index (χ3v) is 4.24. The zero-order valence-corrected chi connectivity index (χ0v) is 12.2. The highest BCUT2D eigenvalue weighted by atomic mass is 32.2. The van der Waals surface area contributed by atoms with E-state index in [9.17, 15) is 13.2 Å². The minimum absolute atomic E-state index is 0.135. The second kappa shape index (κ2) is 7.22. The molecule has 0 saturated heterocycles. The summed E-state index contributed by atoms with van der Waals surface area (Å²) in [5, 5.41) is 0. The summed E-state index contributed by atoms with van der Waals surface area (Å²) < 4.78 is 31.7. The van der Waals surface area contributed by atoms with E-state index in [2.05, 4.69) is 4.72 Å². The van der Waals surface area contributed by atoms with Crippen LogP contribution >= 0.6 is 0 Å². The summed E-state index contributed by atoms with van der Waals surface area (Å²) >= 11 is 0. The first-order chi connectivity index (χ1) is 9.39. The van der Waals surface area contributed by atoms with Crippen LogP contribution in [0, 0.1) is 0 Å². The van der Waals surface area contributed by atoms with Crippen molar-refractivity contribution in [1.29, 1.82) is 0 Å². The number of hydrazine groups is 1. The van der Waals surface area contributed by atoms with Crippen molar-refractivity contribution in [2.24, 2.45) is 5.84 Å². The molecule has 20 heavy (non-hydrogen) atoms. The van der Waals surface area contributed by atoms with E-state index >= 15 is 0 Å². The molecule has 0 radical (unpaired) electrons. The van der Waals surface area contributed by atoms with Gasteiger partial charge in [0.15, 0.2) is 6.61 Å². The number of nitrogens with one attached hydrogen (secondary N) is 2. The van der Waals surface area contributed by atoms with Crippen LogP contribution in [0.3, 0.4) is 0 Å². The minimum Gasteiger partial charge on any atom is -0.484 e. The highest BCUT2D eigenvalue weighted by molar-refractivity contribution is 7.89. The predicted octanol–water partition coefficient (Wildman–Crippen LogP) is 0.132. The van der Waals surface area contributed by atoms with Crippen LogP contribution in [0.25, 0.3) is 0 Å². The summed E-state index contributed by atoms with van der Waals surface area (Å²) in [6, 6.07) is 5.66. The highest BCUT2D eigenvalue weighted by Gasteiger charge is 2.16. The normalized spacial score (nSPS) is 12.8. The molecule has 7 nitrogen and oxygen atoms in total. The molecule has 0 aliphatic rings. The maximum atomic E-state index is 12.0. The van der Waals surface area contributed by atoms with Gasteiger partial charge in [-0.15, -0.1) is 0 Å². The monoisotopic (exact) mass is 301 g/mol. The number of benzene rings is 1. The van der Waals surface area contributed by atoms with Crippen LogP contribution in [0.15, 0.2) is 29.2 Å². The number of sulfonamides is 1. The third-order valence-electron chi connectivity index (χ3n) is 2.63. The topological polar surface area (TPSA) is 111 Å². The van der Waals surface area contributed by atoms with Gasteiger partial charge >= 0.3 is 0 Å². The summed E-state index contributed by atoms with van der Waals surface area (Å²) in [6.45, 7) is 3.46. The fraction of sp³-hybridized carbons (Fsp3) is 0.417. The zero-order valence-electron chi connectivity index (χ0n) is 11.4. The number of hydrogen-bond acceptors (Lipinski definition) is 5. The van der Waals surface area contributed by atoms with Crippen molar-refractivity contribution in [2.45, 2.75) is 31.2 Å². The SMILES string of the molecule is CC[C@H](C)NS(=O)(=O)c1ccc(OCC(=O)NN)cc1. The van der Waals surface area contributed by atoms with Gasteiger partial charge in [-0.05, 0) is 37.6 Å². The van der Waals surface area contributed by atoms with E-state index in [1.54, 1.807) is 6.92 Å². The van der Waals surface area contributed by atoms with Crippen LogP contribution in [-0.4, -0.2) is 27.0 Å². The van der Waals surface area contributed by atoms with Crippen LogP contribution in [0.1, 0.15) is 20.3 Å². The number of carbonyl (C=O) groups excluding carboxylic acids is 1. The first-order valence-corrected chi connectivity index (χ1v) is 7.62. The van der Waals surface area contributed by atoms with E-state index < -0.39 is 15.9 Å². The molecule has 0 fully saturated rings. The second-order valence-corrected chi connectivity index (χ2v) is 5.97. The molecular weight excluding hydrogens is 282 g/mol. The van der Waals surface area contributed by atoms with Gasteiger partial charge in [0.25, 0.3) is 5.91 Å². The number of ether oxygens (including phenoxy) is 1. The highest BCUT2D eigenvalue weighted by Crippen LogP contribution is 2.16. The van der Waals surface area contributed by atoms with Crippen molar-refractivity contribution in [1.82, 2.24) is 10.1 Å². The summed E-state index contributed by atoms with van der Waals surface area (Å²) in [6.07, 6.45) is 0.703. The van der Waals surface area contributed by atoms with Crippen LogP contribution < -0.4 is 20.7 Å². The summed E-state index contributed by atoms with van der Waals surface area (Å²) in [4.78, 5) is 11.0. The van der Waals surface area contributed by atoms with E-state index in [1.807, 2.05) is 12.3 Å². The molecule has 0 aliphatic heterocycles. The van der Waals surface area contributed by atoms with Crippen molar-refractivity contribution < 1.29 is 17.9 Å². The molecule has 0 aromatic heterocycles. The predicted molar refractivity (Wildman–Crippen MR) is 74.3 cm³/mol. The Morgan fingerprint density at radius 2 is 1.95 bits per heavy atom. The Morgan fingerprint density at radius 1 is 1.35 bits per heavy atom. The van der Waals surface area contributed by atoms with E-state index in [4.69, 9.17) is 10.6 Å². The Bertz CT molecular complexity index is 542. The largest absolute Gasteiger partial charge is 0.484 e. The second-order valence-electron chi connectivity index (χ2n) is 4.26. The maximum Gasteiger partial charge on any atom is 0.271 e. The van der Waals surface area contributed by atoms with E-state index in [-0.39, 0.29) is 17.5 Å². The van der Waals surface area contributed by atoms with Crippen LogP contribution in [-0.2, 0) is 14.8 Å². The van der Waals surface area contributed by atoms with Gasteiger partial charge in [0, 0.05) is 6.04 Å². The molecule has 0 unspecified atom stereocenters. The van der Waals surface area contributed by atoms with Gasteiger partial charge in [0.05, 0.1) is 4.90 Å². The average molecular weight is 301 g/mol. The molecule has 4 N–H and O–H groups in total. The lowest BCUT2D eigenvalue weighted by Gasteiger charge is -2.12. The van der Waals surface area contributed by atoms with E-state index in [0.29, 0.717) is 12.2 Å². The molecule has 1 aromatic carbocycles. The molecular formula is C12H19N3O4S. The molecule has 1 rings (SSSR count). The Kier molecular flexibility index (Phi) is 5.93. The molecule has 1 amide bonds. The molecule has 1 atom stereocenters. The Labute approximate surface area is 118 Å². The number of rotatable bonds is 7. The third kappa shape index (κ3) is 4.80. The fourth-order valence-corrected chi connectivity index (χ4v) is 2.65. The van der Waals surface area contributed by atoms with Crippen LogP contribution in [0.5, 0.6) is 5.75 Å². The van der Waals surface area contributed by atoms with Crippen LogP contribution in [0.2, 0.25) is 0 Å². The van der Waals surface area contributed by atoms with Crippen molar-refractivity contribution >= 4 is 15.9 Å². The van der Waals surface area contributed by atoms with E-state index in [1.165, 1.54) is 24.3 Å². The summed E-state index contributed by atoms with van der Waals surface area (Å²) in [5.41, 5.74) is 1.93. The van der Waals surface area contributed by atoms with Gasteiger partial charge in [-0.1, -0.05) is 6.92 Å². The Hall–Kier alpha value is -1.64. The first-order valence-electron chi connectivity index (χ1n) is 6.13. The Balaban J connectivity index is 2.73. The first kappa shape index (κ1) is 16.4. The van der Waals surface area contributed by atoms with Crippen molar-refractivity contribution in [3.63, 3.8) is 0 Å². The van der Waals surface area contributed by atoms with Crippen LogP contribution in [0.4, 0.5) is 0 Å². The van der Waals surface area contributed by atoms with Crippen molar-refractivity contribution in [3.05, 3.63) is 24.3 Å². The average Bonchev–Trinajstić information content (AvgIpc) is 2.44. The quantitative estimate of drug-likeness (QED) is 0.377. The Morgan fingerprint density at radius 3 is 2.45 bits per heavy atom. The number of amides is 1. The number of nitrogens with two attached hydrogens (primary N) is 1. The number of carbonyl (C=O) groups is 1. The van der Waals surface area contributed by atoms with E-state index in [0.717, 1.165) is 0 Å². The zero-order chi connectivity index (χ0) is 15.2.